The van der Waals surface area contributed by atoms with Gasteiger partial charge in [0, 0.05) is 42.8 Å². The van der Waals surface area contributed by atoms with E-state index in [0.29, 0.717) is 22.7 Å². The largest absolute Gasteiger partial charge is 0.484 e. The van der Waals surface area contributed by atoms with Gasteiger partial charge in [0.05, 0.1) is 0 Å². The first-order valence-electron chi connectivity index (χ1n) is 10.0. The van der Waals surface area contributed by atoms with Crippen LogP contribution in [0.1, 0.15) is 40.5 Å². The highest BCUT2D eigenvalue weighted by molar-refractivity contribution is 8.04. The van der Waals surface area contributed by atoms with E-state index in [2.05, 4.69) is 23.3 Å². The molecule has 0 saturated carbocycles. The first-order valence-corrected chi connectivity index (χ1v) is 11.0. The van der Waals surface area contributed by atoms with E-state index in [1.807, 2.05) is 33.8 Å². The first kappa shape index (κ1) is 24.2. The lowest BCUT2D eigenvalue weighted by Crippen LogP contribution is -2.49. The van der Waals surface area contributed by atoms with E-state index >= 15 is 0 Å². The van der Waals surface area contributed by atoms with E-state index in [9.17, 15) is 14.4 Å². The highest BCUT2D eigenvalue weighted by Crippen LogP contribution is 2.46. The zero-order valence-electron chi connectivity index (χ0n) is 18.4. The van der Waals surface area contributed by atoms with Crippen LogP contribution in [-0.2, 0) is 23.9 Å². The molecule has 2 heterocycles. The molecule has 1 spiro atoms. The number of allylic oxidation sites excluding steroid dienone is 5. The van der Waals surface area contributed by atoms with Crippen molar-refractivity contribution in [3.63, 3.8) is 0 Å². The highest BCUT2D eigenvalue weighted by atomic mass is 32.2. The minimum Gasteiger partial charge on any atom is -0.484 e. The van der Waals surface area contributed by atoms with Gasteiger partial charge in [-0.3, -0.25) is 14.4 Å². The van der Waals surface area contributed by atoms with Gasteiger partial charge in [0.2, 0.25) is 11.6 Å². The minimum absolute atomic E-state index is 0.232. The average molecular weight is 434 g/mol. The van der Waals surface area contributed by atoms with Crippen LogP contribution in [0.5, 0.6) is 0 Å². The van der Waals surface area contributed by atoms with Crippen LogP contribution in [0.25, 0.3) is 0 Å². The molecule has 0 unspecified atom stereocenters. The highest BCUT2D eigenvalue weighted by Gasteiger charge is 2.46. The second kappa shape index (κ2) is 9.79. The number of carbonyl (C=O) groups excluding carboxylic acids is 3. The van der Waals surface area contributed by atoms with Gasteiger partial charge >= 0.3 is 0 Å². The second-order valence-corrected chi connectivity index (χ2v) is 9.52. The molecule has 164 valence electrons. The molecule has 0 aromatic carbocycles. The third kappa shape index (κ3) is 5.52. The number of ether oxygens (including phenoxy) is 2. The molecule has 7 heteroatoms. The van der Waals surface area contributed by atoms with Crippen molar-refractivity contribution >= 4 is 29.8 Å². The predicted octanol–water partition coefficient (Wildman–Crippen LogP) is 3.59. The predicted molar refractivity (Wildman–Crippen MR) is 119 cm³/mol. The Morgan fingerprint density at radius 2 is 1.80 bits per heavy atom. The van der Waals surface area contributed by atoms with Crippen LogP contribution >= 0.6 is 11.8 Å². The zero-order valence-corrected chi connectivity index (χ0v) is 19.3. The van der Waals surface area contributed by atoms with Gasteiger partial charge in [0.1, 0.15) is 21.9 Å². The number of rotatable bonds is 2. The van der Waals surface area contributed by atoms with Crippen LogP contribution in [0.4, 0.5) is 0 Å². The molecule has 1 aliphatic carbocycles. The molecule has 1 fully saturated rings. The van der Waals surface area contributed by atoms with E-state index in [-0.39, 0.29) is 11.2 Å². The van der Waals surface area contributed by atoms with Crippen molar-refractivity contribution in [2.75, 3.05) is 25.9 Å². The second-order valence-electron chi connectivity index (χ2n) is 8.54. The summed E-state index contributed by atoms with van der Waals surface area (Å²) in [7, 11) is 2.11. The van der Waals surface area contributed by atoms with Gasteiger partial charge in [-0.15, -0.1) is 11.8 Å². The fourth-order valence-corrected chi connectivity index (χ4v) is 4.63. The van der Waals surface area contributed by atoms with Crippen LogP contribution in [0.15, 0.2) is 46.6 Å². The summed E-state index contributed by atoms with van der Waals surface area (Å²) in [5.74, 6) is 0.403. The van der Waals surface area contributed by atoms with Crippen LogP contribution in [0.2, 0.25) is 0 Å². The maximum atomic E-state index is 12.4. The number of nitrogens with zero attached hydrogens (tertiary/aromatic N) is 1. The van der Waals surface area contributed by atoms with Gasteiger partial charge in [-0.1, -0.05) is 24.8 Å². The summed E-state index contributed by atoms with van der Waals surface area (Å²) in [6.07, 6.45) is 6.86. The Bertz CT molecular complexity index is 808. The molecule has 1 saturated heterocycles. The average Bonchev–Trinajstić information content (AvgIpc) is 2.68. The summed E-state index contributed by atoms with van der Waals surface area (Å²) in [6.45, 7) is 13.4. The van der Waals surface area contributed by atoms with E-state index in [1.165, 1.54) is 17.8 Å². The van der Waals surface area contributed by atoms with E-state index < -0.39 is 11.6 Å². The molecule has 0 aromatic heterocycles. The molecular formula is C23H31NO5S. The molecule has 0 bridgehead atoms. The van der Waals surface area contributed by atoms with Gasteiger partial charge in [-0.05, 0) is 34.7 Å². The van der Waals surface area contributed by atoms with Crippen LogP contribution in [0.3, 0.4) is 0 Å². The Morgan fingerprint density at radius 3 is 2.27 bits per heavy atom. The molecule has 6 nitrogen and oxygen atoms in total. The Morgan fingerprint density at radius 1 is 1.17 bits per heavy atom. The number of hydrogen-bond acceptors (Lipinski definition) is 7. The van der Waals surface area contributed by atoms with E-state index in [0.717, 1.165) is 37.3 Å². The molecule has 3 rings (SSSR count). The van der Waals surface area contributed by atoms with Gasteiger partial charge in [0.15, 0.2) is 0 Å². The molecule has 30 heavy (non-hydrogen) atoms. The van der Waals surface area contributed by atoms with Crippen molar-refractivity contribution in [3.8, 4) is 0 Å². The summed E-state index contributed by atoms with van der Waals surface area (Å²) >= 11 is 1.48. The molecule has 0 radical (unpaired) electrons. The van der Waals surface area contributed by atoms with E-state index in [4.69, 9.17) is 4.74 Å². The topological polar surface area (TPSA) is 72.9 Å². The fraction of sp³-hybridized carbons (Fsp3) is 0.522. The monoisotopic (exact) mass is 433 g/mol. The first-order chi connectivity index (χ1) is 14.1. The summed E-state index contributed by atoms with van der Waals surface area (Å²) in [5.41, 5.74) is 0.554. The number of thioether (sulfide) groups is 1. The Labute approximate surface area is 183 Å². The number of hydrogen-bond donors (Lipinski definition) is 0. The van der Waals surface area contributed by atoms with Crippen molar-refractivity contribution in [2.24, 2.45) is 0 Å². The van der Waals surface area contributed by atoms with Crippen molar-refractivity contribution < 1.29 is 23.9 Å². The third-order valence-corrected chi connectivity index (χ3v) is 6.40. The summed E-state index contributed by atoms with van der Waals surface area (Å²) < 4.78 is 10.9. The lowest BCUT2D eigenvalue weighted by atomic mass is 9.88. The summed E-state index contributed by atoms with van der Waals surface area (Å²) in [5, 5.41) is 0. The van der Waals surface area contributed by atoms with Gasteiger partial charge in [0.25, 0.3) is 6.47 Å². The smallest absolute Gasteiger partial charge is 0.293 e. The summed E-state index contributed by atoms with van der Waals surface area (Å²) in [4.78, 5) is 37.1. The Kier molecular flexibility index (Phi) is 7.88. The Hall–Kier alpha value is -2.12. The van der Waals surface area contributed by atoms with E-state index in [1.54, 1.807) is 6.08 Å². The third-order valence-electron chi connectivity index (χ3n) is 5.07. The molecule has 0 aromatic rings. The van der Waals surface area contributed by atoms with Gasteiger partial charge in [-0.2, -0.15) is 0 Å². The fourth-order valence-electron chi connectivity index (χ4n) is 3.36. The molecule has 3 aliphatic rings. The number of piperidine rings is 1. The number of carbonyl (C=O) groups is 3. The summed E-state index contributed by atoms with van der Waals surface area (Å²) in [6, 6.07) is 0. The molecular weight excluding hydrogens is 402 g/mol. The van der Waals surface area contributed by atoms with Crippen molar-refractivity contribution in [1.82, 2.24) is 4.90 Å². The van der Waals surface area contributed by atoms with Crippen LogP contribution in [0, 0.1) is 0 Å². The number of ketones is 2. The number of Topliss-reactive ketones (excluding diaryl/α,β-unsaturated/α-hetero) is 2. The maximum Gasteiger partial charge on any atom is 0.293 e. The normalized spacial score (nSPS) is 24.2. The van der Waals surface area contributed by atoms with Crippen LogP contribution in [-0.4, -0.2) is 60.0 Å². The minimum atomic E-state index is -0.466. The molecule has 2 aliphatic heterocycles. The SMILES string of the molecule is C=C/C=C1/C(=O)C(=O)C2=C(OC3(CCN(C)CC3)CS2)/C1=C/C.CC(C)(C)OC=O. The van der Waals surface area contributed by atoms with Crippen molar-refractivity contribution in [1.29, 1.82) is 0 Å². The van der Waals surface area contributed by atoms with Crippen molar-refractivity contribution in [2.45, 2.75) is 51.7 Å². The maximum absolute atomic E-state index is 12.4. The molecule has 0 atom stereocenters. The van der Waals surface area contributed by atoms with Crippen LogP contribution < -0.4 is 0 Å². The van der Waals surface area contributed by atoms with Crippen molar-refractivity contribution in [3.05, 3.63) is 46.6 Å². The Balaban J connectivity index is 0.000000396. The number of likely N-dealkylation sites (tertiary alicyclic amines) is 1. The van der Waals surface area contributed by atoms with Gasteiger partial charge in [-0.25, -0.2) is 0 Å². The van der Waals surface area contributed by atoms with Gasteiger partial charge < -0.3 is 14.4 Å². The lowest BCUT2D eigenvalue weighted by Gasteiger charge is -2.45. The lowest BCUT2D eigenvalue weighted by molar-refractivity contribution is -0.138. The molecule has 0 N–H and O–H groups in total. The molecule has 0 amide bonds. The quantitative estimate of drug-likeness (QED) is 0.374. The standard InChI is InChI=1S/C18H21NO3S.C5H10O2/c1-4-6-13-12(5-2)16-17(15(21)14(13)20)23-11-18(22-16)7-9-19(3)10-8-18;1-5(2,3)7-4-6/h4-6H,1,7-11H2,2-3H3;4H,1-3H3/b12-5+,13-6+;. The zero-order chi connectivity index (χ0) is 22.5.